The van der Waals surface area contributed by atoms with E-state index >= 15 is 0 Å². The first kappa shape index (κ1) is 31.1. The topological polar surface area (TPSA) is 137 Å². The summed E-state index contributed by atoms with van der Waals surface area (Å²) in [4.78, 5) is 49.6. The molecule has 9 heteroatoms. The van der Waals surface area contributed by atoms with E-state index < -0.39 is 42.0 Å². The van der Waals surface area contributed by atoms with Gasteiger partial charge in [0.25, 0.3) is 0 Å². The molecule has 0 spiro atoms. The zero-order valence-corrected chi connectivity index (χ0v) is 21.9. The molecule has 9 nitrogen and oxygen atoms in total. The fourth-order valence-corrected chi connectivity index (χ4v) is 3.67. The number of rotatable bonds is 12. The van der Waals surface area contributed by atoms with Crippen molar-refractivity contribution in [1.82, 2.24) is 21.3 Å². The van der Waals surface area contributed by atoms with Crippen LogP contribution in [0.15, 0.2) is 36.5 Å². The molecule has 5 N–H and O–H groups in total. The molecule has 0 saturated carbocycles. The van der Waals surface area contributed by atoms with Crippen molar-refractivity contribution in [3.05, 3.63) is 36.5 Å². The molecule has 4 atom stereocenters. The quantitative estimate of drug-likeness (QED) is 0.158. The van der Waals surface area contributed by atoms with Crippen molar-refractivity contribution in [3.8, 4) is 0 Å². The molecule has 0 unspecified atom stereocenters. The van der Waals surface area contributed by atoms with Gasteiger partial charge in [-0.2, -0.15) is 0 Å². The second-order valence-electron chi connectivity index (χ2n) is 9.22. The molecule has 0 aliphatic carbocycles. The largest absolute Gasteiger partial charge is 0.391 e. The molecule has 0 bridgehead atoms. The Bertz CT molecular complexity index is 791. The predicted molar refractivity (Wildman–Crippen MR) is 141 cm³/mol. The summed E-state index contributed by atoms with van der Waals surface area (Å²) in [5, 5.41) is 20.8. The maximum absolute atomic E-state index is 12.9. The van der Waals surface area contributed by atoms with Gasteiger partial charge in [-0.05, 0) is 46.0 Å². The Labute approximate surface area is 215 Å². The summed E-state index contributed by atoms with van der Waals surface area (Å²) in [6, 6.07) is -2.46. The highest BCUT2D eigenvalue weighted by atomic mass is 16.3. The standard InChI is InChI=1S/C27H44N4O5/c1-4-5-6-7-8-9-10-11-12-16-24(34)31-25(21(3)32)27(36)30-22-15-13-14-19-28-23(33)18-17-20(2)29-26(22)35/h10-12,16-18,20-22,25,32H,4-9,13-15,19H2,1-3H3,(H,28,33)(H,29,35)(H,30,36)(H,31,34)/b11-10+,16-12+,18-17?/t20-,21+,22-,25-/m0/s1. The van der Waals surface area contributed by atoms with Crippen molar-refractivity contribution in [1.29, 1.82) is 0 Å². The van der Waals surface area contributed by atoms with Crippen molar-refractivity contribution in [2.24, 2.45) is 0 Å². The highest BCUT2D eigenvalue weighted by Gasteiger charge is 2.29. The van der Waals surface area contributed by atoms with Crippen molar-refractivity contribution in [3.63, 3.8) is 0 Å². The number of aliphatic hydroxyl groups is 1. The highest BCUT2D eigenvalue weighted by Crippen LogP contribution is 2.06. The summed E-state index contributed by atoms with van der Waals surface area (Å²) in [5.41, 5.74) is 0. The second kappa shape index (κ2) is 18.3. The van der Waals surface area contributed by atoms with Crippen LogP contribution in [-0.2, 0) is 19.2 Å². The van der Waals surface area contributed by atoms with E-state index in [0.717, 1.165) is 12.8 Å². The zero-order chi connectivity index (χ0) is 26.8. The van der Waals surface area contributed by atoms with E-state index in [2.05, 4.69) is 28.2 Å². The van der Waals surface area contributed by atoms with Gasteiger partial charge in [0, 0.05) is 24.7 Å². The van der Waals surface area contributed by atoms with Crippen molar-refractivity contribution in [2.75, 3.05) is 6.54 Å². The lowest BCUT2D eigenvalue weighted by atomic mass is 10.1. The Hall–Kier alpha value is -2.94. The van der Waals surface area contributed by atoms with E-state index in [-0.39, 0.29) is 5.91 Å². The predicted octanol–water partition coefficient (Wildman–Crippen LogP) is 2.17. The lowest BCUT2D eigenvalue weighted by molar-refractivity contribution is -0.133. The maximum Gasteiger partial charge on any atom is 0.245 e. The first-order valence-electron chi connectivity index (χ1n) is 13.1. The maximum atomic E-state index is 12.9. The van der Waals surface area contributed by atoms with Crippen LogP contribution in [0, 0.1) is 0 Å². The number of nitrogens with one attached hydrogen (secondary N) is 4. The molecule has 0 aromatic heterocycles. The van der Waals surface area contributed by atoms with Crippen molar-refractivity contribution >= 4 is 23.6 Å². The summed E-state index contributed by atoms with van der Waals surface area (Å²) in [7, 11) is 0. The fourth-order valence-electron chi connectivity index (χ4n) is 3.67. The lowest BCUT2D eigenvalue weighted by Crippen LogP contribution is -2.57. The zero-order valence-electron chi connectivity index (χ0n) is 21.9. The molecule has 0 radical (unpaired) electrons. The van der Waals surface area contributed by atoms with Crippen LogP contribution < -0.4 is 21.3 Å². The Kier molecular flexibility index (Phi) is 15.8. The Morgan fingerprint density at radius 1 is 1.17 bits per heavy atom. The SMILES string of the molecule is CCCCCCC/C=C/C=C/C(=O)N[C@H](C(=O)N[C@H]1CCCCNC(=O)C=C[C@H](C)NC1=O)[C@@H](C)O. The molecule has 1 aliphatic heterocycles. The van der Waals surface area contributed by atoms with Crippen LogP contribution >= 0.6 is 0 Å². The molecule has 0 aromatic rings. The number of amides is 4. The Balaban J connectivity index is 2.66. The lowest BCUT2D eigenvalue weighted by Gasteiger charge is -2.25. The number of allylic oxidation sites excluding steroid dienone is 3. The third-order valence-corrected chi connectivity index (χ3v) is 5.79. The Morgan fingerprint density at radius 2 is 1.92 bits per heavy atom. The van der Waals surface area contributed by atoms with Crippen LogP contribution in [0.1, 0.15) is 78.6 Å². The van der Waals surface area contributed by atoms with Gasteiger partial charge < -0.3 is 26.4 Å². The van der Waals surface area contributed by atoms with E-state index in [1.165, 1.54) is 44.8 Å². The van der Waals surface area contributed by atoms with Gasteiger partial charge in [-0.1, -0.05) is 56.9 Å². The van der Waals surface area contributed by atoms with Crippen molar-refractivity contribution in [2.45, 2.75) is 103 Å². The van der Waals surface area contributed by atoms with Gasteiger partial charge in [0.2, 0.25) is 23.6 Å². The molecule has 202 valence electrons. The van der Waals surface area contributed by atoms with Gasteiger partial charge in [0.15, 0.2) is 0 Å². The van der Waals surface area contributed by atoms with Crippen LogP contribution in [0.4, 0.5) is 0 Å². The van der Waals surface area contributed by atoms with E-state index in [1.54, 1.807) is 25.2 Å². The van der Waals surface area contributed by atoms with Crippen LogP contribution in [0.25, 0.3) is 0 Å². The molecule has 4 amide bonds. The molecule has 0 saturated heterocycles. The number of aliphatic hydroxyl groups excluding tert-OH is 1. The van der Waals surface area contributed by atoms with E-state index in [4.69, 9.17) is 0 Å². The number of unbranched alkanes of at least 4 members (excludes halogenated alkanes) is 5. The number of carbonyl (C=O) groups excluding carboxylic acids is 4. The number of carbonyl (C=O) groups is 4. The Morgan fingerprint density at radius 3 is 2.64 bits per heavy atom. The minimum Gasteiger partial charge on any atom is -0.391 e. The van der Waals surface area contributed by atoms with E-state index in [1.807, 2.05) is 6.08 Å². The van der Waals surface area contributed by atoms with Crippen LogP contribution in [0.5, 0.6) is 0 Å². The van der Waals surface area contributed by atoms with Crippen LogP contribution in [0.3, 0.4) is 0 Å². The average Bonchev–Trinajstić information content (AvgIpc) is 2.83. The smallest absolute Gasteiger partial charge is 0.245 e. The first-order chi connectivity index (χ1) is 17.2. The first-order valence-corrected chi connectivity index (χ1v) is 13.1. The molecular weight excluding hydrogens is 460 g/mol. The van der Waals surface area contributed by atoms with Crippen molar-refractivity contribution < 1.29 is 24.3 Å². The van der Waals surface area contributed by atoms with Gasteiger partial charge in [-0.25, -0.2) is 0 Å². The summed E-state index contributed by atoms with van der Waals surface area (Å²) in [6.45, 7) is 5.77. The second-order valence-corrected chi connectivity index (χ2v) is 9.22. The van der Waals surface area contributed by atoms with Gasteiger partial charge in [0.1, 0.15) is 12.1 Å². The van der Waals surface area contributed by atoms with Gasteiger partial charge in [0.05, 0.1) is 6.10 Å². The van der Waals surface area contributed by atoms with Crippen LogP contribution in [-0.4, -0.2) is 59.5 Å². The minimum absolute atomic E-state index is 0.219. The van der Waals surface area contributed by atoms with Gasteiger partial charge >= 0.3 is 0 Å². The van der Waals surface area contributed by atoms with E-state index in [9.17, 15) is 24.3 Å². The molecule has 1 aliphatic rings. The summed E-state index contributed by atoms with van der Waals surface area (Å²) >= 11 is 0. The average molecular weight is 505 g/mol. The number of hydrogen-bond donors (Lipinski definition) is 5. The van der Waals surface area contributed by atoms with Gasteiger partial charge in [-0.15, -0.1) is 0 Å². The summed E-state index contributed by atoms with van der Waals surface area (Å²) < 4.78 is 0. The number of hydrogen-bond acceptors (Lipinski definition) is 5. The van der Waals surface area contributed by atoms with E-state index in [0.29, 0.717) is 25.8 Å². The highest BCUT2D eigenvalue weighted by molar-refractivity contribution is 5.95. The third-order valence-electron chi connectivity index (χ3n) is 5.79. The van der Waals surface area contributed by atoms with Crippen LogP contribution in [0.2, 0.25) is 0 Å². The third kappa shape index (κ3) is 13.8. The monoisotopic (exact) mass is 504 g/mol. The molecule has 0 fully saturated rings. The fraction of sp³-hybridized carbons (Fsp3) is 0.630. The summed E-state index contributed by atoms with van der Waals surface area (Å²) in [5.74, 6) is -1.76. The van der Waals surface area contributed by atoms with Gasteiger partial charge in [-0.3, -0.25) is 19.2 Å². The molecule has 0 aromatic carbocycles. The minimum atomic E-state index is -1.21. The molecule has 1 rings (SSSR count). The molecule has 36 heavy (non-hydrogen) atoms. The summed E-state index contributed by atoms with van der Waals surface area (Å²) in [6.07, 6.45) is 17.0. The molecular formula is C27H44N4O5. The normalized spacial score (nSPS) is 21.2. The molecule has 1 heterocycles.